The van der Waals surface area contributed by atoms with Crippen LogP contribution in [0.15, 0.2) is 54.6 Å². The number of nitrogens with one attached hydrogen (secondary N) is 1. The molecule has 1 aromatic heterocycles. The number of hydrogen-bond donors (Lipinski definition) is 1. The average molecular weight is 300 g/mol. The highest BCUT2D eigenvalue weighted by atomic mass is 35.5. The summed E-state index contributed by atoms with van der Waals surface area (Å²) >= 11 is 5.94. The number of aromatic amines is 1. The van der Waals surface area contributed by atoms with Crippen molar-refractivity contribution in [1.29, 1.82) is 0 Å². The van der Waals surface area contributed by atoms with Crippen molar-refractivity contribution in [2.75, 3.05) is 0 Å². The summed E-state index contributed by atoms with van der Waals surface area (Å²) in [6.45, 7) is 1.91. The molecule has 5 heteroatoms. The van der Waals surface area contributed by atoms with E-state index in [1.807, 2.05) is 49.4 Å². The van der Waals surface area contributed by atoms with Crippen molar-refractivity contribution in [1.82, 2.24) is 15.2 Å². The van der Waals surface area contributed by atoms with E-state index in [1.165, 1.54) is 0 Å². The van der Waals surface area contributed by atoms with Crippen LogP contribution in [0.5, 0.6) is 5.75 Å². The van der Waals surface area contributed by atoms with Gasteiger partial charge in [0.15, 0.2) is 17.8 Å². The van der Waals surface area contributed by atoms with Crippen molar-refractivity contribution in [3.8, 4) is 17.1 Å². The third-order valence-electron chi connectivity index (χ3n) is 3.03. The van der Waals surface area contributed by atoms with Crippen LogP contribution in [0.3, 0.4) is 0 Å². The Bertz CT molecular complexity index is 727. The summed E-state index contributed by atoms with van der Waals surface area (Å²) in [5.74, 6) is 2.04. The van der Waals surface area contributed by atoms with Gasteiger partial charge >= 0.3 is 0 Å². The van der Waals surface area contributed by atoms with Gasteiger partial charge in [0.05, 0.1) is 0 Å². The van der Waals surface area contributed by atoms with Gasteiger partial charge in [-0.25, -0.2) is 4.98 Å². The smallest absolute Gasteiger partial charge is 0.181 e. The number of benzene rings is 2. The van der Waals surface area contributed by atoms with E-state index in [1.54, 1.807) is 12.1 Å². The van der Waals surface area contributed by atoms with Gasteiger partial charge in [-0.05, 0) is 25.1 Å². The third kappa shape index (κ3) is 3.23. The molecule has 0 amide bonds. The van der Waals surface area contributed by atoms with E-state index in [-0.39, 0.29) is 6.10 Å². The topological polar surface area (TPSA) is 50.8 Å². The number of rotatable bonds is 4. The Hall–Kier alpha value is -2.33. The van der Waals surface area contributed by atoms with E-state index in [2.05, 4.69) is 15.2 Å². The van der Waals surface area contributed by atoms with Gasteiger partial charge in [0.25, 0.3) is 0 Å². The molecule has 1 unspecified atom stereocenters. The molecule has 3 aromatic rings. The first kappa shape index (κ1) is 13.6. The van der Waals surface area contributed by atoms with Crippen LogP contribution in [0.1, 0.15) is 18.9 Å². The lowest BCUT2D eigenvalue weighted by Crippen LogP contribution is -2.05. The molecule has 0 aliphatic rings. The average Bonchev–Trinajstić information content (AvgIpc) is 2.98. The minimum atomic E-state index is -0.242. The van der Waals surface area contributed by atoms with Crippen molar-refractivity contribution < 1.29 is 4.74 Å². The summed E-state index contributed by atoms with van der Waals surface area (Å²) in [7, 11) is 0. The van der Waals surface area contributed by atoms with E-state index < -0.39 is 0 Å². The molecule has 0 spiro atoms. The van der Waals surface area contributed by atoms with Gasteiger partial charge in [-0.15, -0.1) is 0 Å². The molecule has 4 nitrogen and oxygen atoms in total. The van der Waals surface area contributed by atoms with Crippen molar-refractivity contribution in [2.45, 2.75) is 13.0 Å². The van der Waals surface area contributed by atoms with Crippen molar-refractivity contribution >= 4 is 11.6 Å². The normalized spacial score (nSPS) is 12.1. The Morgan fingerprint density at radius 1 is 1.10 bits per heavy atom. The molecule has 0 aliphatic heterocycles. The summed E-state index contributed by atoms with van der Waals surface area (Å²) in [4.78, 5) is 4.47. The molecule has 21 heavy (non-hydrogen) atoms. The van der Waals surface area contributed by atoms with Gasteiger partial charge in [-0.3, -0.25) is 5.10 Å². The Morgan fingerprint density at radius 2 is 1.90 bits per heavy atom. The van der Waals surface area contributed by atoms with Crippen LogP contribution in [0, 0.1) is 0 Å². The quantitative estimate of drug-likeness (QED) is 0.783. The first-order valence-corrected chi connectivity index (χ1v) is 7.00. The lowest BCUT2D eigenvalue weighted by molar-refractivity contribution is 0.217. The predicted molar refractivity (Wildman–Crippen MR) is 82.3 cm³/mol. The van der Waals surface area contributed by atoms with Gasteiger partial charge < -0.3 is 4.74 Å². The minimum absolute atomic E-state index is 0.242. The van der Waals surface area contributed by atoms with Crippen LogP contribution < -0.4 is 4.74 Å². The first-order chi connectivity index (χ1) is 10.2. The number of nitrogens with zero attached hydrogens (tertiary/aromatic N) is 2. The van der Waals surface area contributed by atoms with Crippen LogP contribution in [0.2, 0.25) is 5.02 Å². The maximum Gasteiger partial charge on any atom is 0.181 e. The summed E-state index contributed by atoms with van der Waals surface area (Å²) in [5.41, 5.74) is 0.968. The maximum absolute atomic E-state index is 5.94. The highest BCUT2D eigenvalue weighted by molar-refractivity contribution is 6.30. The van der Waals surface area contributed by atoms with Crippen LogP contribution in [-0.2, 0) is 0 Å². The molecule has 1 N–H and O–H groups in total. The highest BCUT2D eigenvalue weighted by Crippen LogP contribution is 2.23. The second-order valence-corrected chi connectivity index (χ2v) is 5.06. The van der Waals surface area contributed by atoms with E-state index in [9.17, 15) is 0 Å². The minimum Gasteiger partial charge on any atom is -0.483 e. The summed E-state index contributed by atoms with van der Waals surface area (Å²) in [6, 6.07) is 17.1. The number of hydrogen-bond acceptors (Lipinski definition) is 3. The van der Waals surface area contributed by atoms with Gasteiger partial charge in [0.2, 0.25) is 0 Å². The fraction of sp³-hybridized carbons (Fsp3) is 0.125. The van der Waals surface area contributed by atoms with Gasteiger partial charge in [0, 0.05) is 10.6 Å². The molecule has 1 heterocycles. The van der Waals surface area contributed by atoms with Crippen LogP contribution >= 0.6 is 11.6 Å². The second-order valence-electron chi connectivity index (χ2n) is 4.63. The Kier molecular flexibility index (Phi) is 3.88. The Morgan fingerprint density at radius 3 is 2.67 bits per heavy atom. The van der Waals surface area contributed by atoms with Gasteiger partial charge in [0.1, 0.15) is 5.75 Å². The number of H-pyrrole nitrogens is 1. The predicted octanol–water partition coefficient (Wildman–Crippen LogP) is 4.27. The van der Waals surface area contributed by atoms with E-state index in [0.29, 0.717) is 22.4 Å². The van der Waals surface area contributed by atoms with E-state index in [0.717, 1.165) is 5.56 Å². The zero-order valence-electron chi connectivity index (χ0n) is 11.5. The SMILES string of the molecule is CC(Oc1cccc(Cl)c1)c1nc(-c2ccccc2)n[nH]1. The Labute approximate surface area is 127 Å². The molecule has 2 aromatic carbocycles. The molecule has 0 radical (unpaired) electrons. The molecule has 3 rings (SSSR count). The van der Waals surface area contributed by atoms with Crippen LogP contribution in [0.25, 0.3) is 11.4 Å². The lowest BCUT2D eigenvalue weighted by atomic mass is 10.2. The number of aromatic nitrogens is 3. The molecular formula is C16H14ClN3O. The van der Waals surface area contributed by atoms with Crippen LogP contribution in [0.4, 0.5) is 0 Å². The molecule has 106 valence electrons. The molecule has 0 saturated carbocycles. The molecule has 0 aliphatic carbocycles. The first-order valence-electron chi connectivity index (χ1n) is 6.62. The largest absolute Gasteiger partial charge is 0.483 e. The number of ether oxygens (including phenoxy) is 1. The van der Waals surface area contributed by atoms with E-state index >= 15 is 0 Å². The second kappa shape index (κ2) is 5.97. The molecule has 0 bridgehead atoms. The number of halogens is 1. The Balaban J connectivity index is 1.77. The molecule has 1 atom stereocenters. The van der Waals surface area contributed by atoms with Crippen molar-refractivity contribution in [3.05, 3.63) is 65.4 Å². The summed E-state index contributed by atoms with van der Waals surface area (Å²) in [5, 5.41) is 7.79. The summed E-state index contributed by atoms with van der Waals surface area (Å²) < 4.78 is 5.81. The standard InChI is InChI=1S/C16H14ClN3O/c1-11(21-14-9-5-8-13(17)10-14)15-18-16(20-19-15)12-6-3-2-4-7-12/h2-11H,1H3,(H,18,19,20). The van der Waals surface area contributed by atoms with Gasteiger partial charge in [-0.2, -0.15) is 5.10 Å². The third-order valence-corrected chi connectivity index (χ3v) is 3.26. The lowest BCUT2D eigenvalue weighted by Gasteiger charge is -2.11. The van der Waals surface area contributed by atoms with E-state index in [4.69, 9.17) is 16.3 Å². The monoisotopic (exact) mass is 299 g/mol. The zero-order chi connectivity index (χ0) is 14.7. The summed E-state index contributed by atoms with van der Waals surface area (Å²) in [6.07, 6.45) is -0.242. The highest BCUT2D eigenvalue weighted by Gasteiger charge is 2.13. The zero-order valence-corrected chi connectivity index (χ0v) is 12.2. The van der Waals surface area contributed by atoms with Gasteiger partial charge in [-0.1, -0.05) is 48.0 Å². The molecule has 0 fully saturated rings. The fourth-order valence-electron chi connectivity index (χ4n) is 1.97. The maximum atomic E-state index is 5.94. The van der Waals surface area contributed by atoms with Crippen molar-refractivity contribution in [3.63, 3.8) is 0 Å². The molecule has 0 saturated heterocycles. The molecular weight excluding hydrogens is 286 g/mol. The fourth-order valence-corrected chi connectivity index (χ4v) is 2.15. The van der Waals surface area contributed by atoms with Crippen molar-refractivity contribution in [2.24, 2.45) is 0 Å². The van der Waals surface area contributed by atoms with Crippen LogP contribution in [-0.4, -0.2) is 15.2 Å².